The second-order valence-electron chi connectivity index (χ2n) is 8.03. The summed E-state index contributed by atoms with van der Waals surface area (Å²) >= 11 is 6.05. The molecule has 0 saturated carbocycles. The molecule has 0 unspecified atom stereocenters. The van der Waals surface area contributed by atoms with E-state index in [4.69, 9.17) is 30.5 Å². The smallest absolute Gasteiger partial charge is 0.337 e. The van der Waals surface area contributed by atoms with Crippen molar-refractivity contribution >= 4 is 29.8 Å². The Morgan fingerprint density at radius 2 is 1.84 bits per heavy atom. The molecule has 12 heteroatoms. The summed E-state index contributed by atoms with van der Waals surface area (Å²) in [5, 5.41) is 20.2. The number of hydrazone groups is 1. The minimum atomic E-state index is -1.14. The van der Waals surface area contributed by atoms with Crippen LogP contribution in [0.5, 0.6) is 17.2 Å². The maximum Gasteiger partial charge on any atom is 0.337 e. The predicted molar refractivity (Wildman–Crippen MR) is 142 cm³/mol. The molecule has 0 fully saturated rings. The molecule has 1 aliphatic rings. The van der Waals surface area contributed by atoms with Gasteiger partial charge in [-0.05, 0) is 56.7 Å². The summed E-state index contributed by atoms with van der Waals surface area (Å²) in [4.78, 5) is 24.5. The number of aliphatic hydroxyl groups excluding tert-OH is 1. The van der Waals surface area contributed by atoms with Crippen molar-refractivity contribution in [2.45, 2.75) is 33.0 Å². The summed E-state index contributed by atoms with van der Waals surface area (Å²) in [7, 11) is 1.27. The second kappa shape index (κ2) is 13.5. The van der Waals surface area contributed by atoms with Crippen molar-refractivity contribution in [3.63, 3.8) is 0 Å². The zero-order valence-corrected chi connectivity index (χ0v) is 22.3. The number of esters is 1. The van der Waals surface area contributed by atoms with Crippen molar-refractivity contribution in [1.29, 1.82) is 0 Å². The monoisotopic (exact) mass is 546 g/mol. The van der Waals surface area contributed by atoms with Gasteiger partial charge < -0.3 is 34.7 Å². The molecule has 0 bridgehead atoms. The molecule has 0 spiro atoms. The van der Waals surface area contributed by atoms with Crippen LogP contribution in [0.1, 0.15) is 37.9 Å². The van der Waals surface area contributed by atoms with Gasteiger partial charge in [0.05, 0.1) is 38.2 Å². The van der Waals surface area contributed by atoms with Gasteiger partial charge in [0.15, 0.2) is 17.7 Å². The van der Waals surface area contributed by atoms with Crippen LogP contribution in [-0.4, -0.2) is 56.5 Å². The highest BCUT2D eigenvalue weighted by Crippen LogP contribution is 2.35. The third-order valence-corrected chi connectivity index (χ3v) is 5.61. The largest absolute Gasteiger partial charge is 0.493 e. The van der Waals surface area contributed by atoms with Crippen molar-refractivity contribution in [2.75, 3.05) is 26.9 Å². The molecule has 38 heavy (non-hydrogen) atoms. The zero-order chi connectivity index (χ0) is 27.7. The molecule has 204 valence electrons. The summed E-state index contributed by atoms with van der Waals surface area (Å²) in [5.41, 5.74) is 4.49. The maximum atomic E-state index is 12.4. The fourth-order valence-corrected chi connectivity index (χ4v) is 3.90. The SMILES string of the molecule is CCOc1ccc(Cl)cc1/C=N/N[C@@H](O)COc1ccc([C@H]2NC(=O)NC(C)=C2C(=O)OC)cc1OCC. The minimum Gasteiger partial charge on any atom is -0.493 e. The Morgan fingerprint density at radius 1 is 1.13 bits per heavy atom. The van der Waals surface area contributed by atoms with Crippen molar-refractivity contribution in [3.8, 4) is 17.2 Å². The number of halogens is 1. The summed E-state index contributed by atoms with van der Waals surface area (Å²) in [5.74, 6) is 0.768. The van der Waals surface area contributed by atoms with Gasteiger partial charge in [0, 0.05) is 16.3 Å². The molecule has 0 saturated heterocycles. The lowest BCUT2D eigenvalue weighted by Crippen LogP contribution is -2.45. The molecule has 0 aromatic heterocycles. The Bertz CT molecular complexity index is 1220. The lowest BCUT2D eigenvalue weighted by molar-refractivity contribution is -0.136. The lowest BCUT2D eigenvalue weighted by Gasteiger charge is -2.28. The third-order valence-electron chi connectivity index (χ3n) is 5.37. The fourth-order valence-electron chi connectivity index (χ4n) is 3.72. The van der Waals surface area contributed by atoms with E-state index < -0.39 is 24.3 Å². The Labute approximate surface area is 225 Å². The van der Waals surface area contributed by atoms with Gasteiger partial charge in [-0.25, -0.2) is 9.59 Å². The average Bonchev–Trinajstić information content (AvgIpc) is 2.89. The number of carbonyl (C=O) groups is 2. The van der Waals surface area contributed by atoms with Gasteiger partial charge in [0.25, 0.3) is 0 Å². The number of urea groups is 1. The van der Waals surface area contributed by atoms with Crippen LogP contribution in [0.4, 0.5) is 4.79 Å². The number of hydrogen-bond donors (Lipinski definition) is 4. The van der Waals surface area contributed by atoms with E-state index in [-0.39, 0.29) is 12.2 Å². The molecule has 3 rings (SSSR count). The van der Waals surface area contributed by atoms with Gasteiger partial charge in [-0.3, -0.25) is 5.43 Å². The normalized spacial score (nSPS) is 15.9. The average molecular weight is 547 g/mol. The first kappa shape index (κ1) is 28.6. The number of rotatable bonds is 12. The first-order valence-corrected chi connectivity index (χ1v) is 12.3. The molecule has 0 radical (unpaired) electrons. The van der Waals surface area contributed by atoms with Crippen LogP contribution in [0.3, 0.4) is 0 Å². The quantitative estimate of drug-likeness (QED) is 0.138. The fraction of sp³-hybridized carbons (Fsp3) is 0.346. The number of ether oxygens (including phenoxy) is 4. The molecular weight excluding hydrogens is 516 g/mol. The van der Waals surface area contributed by atoms with Crippen LogP contribution in [0.15, 0.2) is 52.8 Å². The Kier molecular flexibility index (Phi) is 10.2. The molecule has 11 nitrogen and oxygen atoms in total. The molecule has 1 aliphatic heterocycles. The van der Waals surface area contributed by atoms with Crippen molar-refractivity contribution in [3.05, 3.63) is 63.8 Å². The van der Waals surface area contributed by atoms with Gasteiger partial charge in [-0.2, -0.15) is 5.10 Å². The van der Waals surface area contributed by atoms with E-state index >= 15 is 0 Å². The number of carbonyl (C=O) groups excluding carboxylic acids is 2. The van der Waals surface area contributed by atoms with Gasteiger partial charge in [0.2, 0.25) is 0 Å². The molecule has 4 N–H and O–H groups in total. The van der Waals surface area contributed by atoms with Crippen LogP contribution in [-0.2, 0) is 9.53 Å². The molecular formula is C26H31ClN4O7. The number of hydrogen-bond acceptors (Lipinski definition) is 9. The number of methoxy groups -OCH3 is 1. The van der Waals surface area contributed by atoms with Crippen LogP contribution in [0.2, 0.25) is 5.02 Å². The van der Waals surface area contributed by atoms with Crippen molar-refractivity contribution in [2.24, 2.45) is 5.10 Å². The summed E-state index contributed by atoms with van der Waals surface area (Å²) < 4.78 is 21.9. The number of benzene rings is 2. The number of nitrogens with one attached hydrogen (secondary N) is 3. The van der Waals surface area contributed by atoms with E-state index in [1.165, 1.54) is 13.3 Å². The van der Waals surface area contributed by atoms with Crippen molar-refractivity contribution in [1.82, 2.24) is 16.1 Å². The minimum absolute atomic E-state index is 0.152. The lowest BCUT2D eigenvalue weighted by atomic mass is 9.95. The molecule has 2 aromatic carbocycles. The first-order valence-electron chi connectivity index (χ1n) is 11.9. The van der Waals surface area contributed by atoms with E-state index in [1.54, 1.807) is 43.3 Å². The standard InChI is InChI=1S/C26H31ClN4O7/c1-5-36-19-10-8-18(27)11-17(19)13-28-31-22(32)14-38-20-9-7-16(12-21(20)37-6-2)24-23(25(33)35-4)15(3)29-26(34)30-24/h7-13,22,24,31-32H,5-6,14H2,1-4H3,(H2,29,30,34)/b28-13+/t22-,24+/m0/s1. The topological polar surface area (TPSA) is 140 Å². The highest BCUT2D eigenvalue weighted by molar-refractivity contribution is 6.30. The van der Waals surface area contributed by atoms with Gasteiger partial charge in [-0.15, -0.1) is 0 Å². The first-order chi connectivity index (χ1) is 18.3. The second-order valence-corrected chi connectivity index (χ2v) is 8.47. The summed E-state index contributed by atoms with van der Waals surface area (Å²) in [6, 6.07) is 8.95. The highest BCUT2D eigenvalue weighted by Gasteiger charge is 2.32. The number of allylic oxidation sites excluding steroid dienone is 1. The van der Waals surface area contributed by atoms with Crippen LogP contribution in [0.25, 0.3) is 0 Å². The number of aliphatic hydroxyl groups is 1. The Hall–Kier alpha value is -3.96. The number of nitrogens with zero attached hydrogens (tertiary/aromatic N) is 1. The Morgan fingerprint density at radius 3 is 2.55 bits per heavy atom. The molecule has 1 heterocycles. The van der Waals surface area contributed by atoms with E-state index in [2.05, 4.69) is 21.2 Å². The summed E-state index contributed by atoms with van der Waals surface area (Å²) in [6.07, 6.45) is 0.345. The molecule has 2 atom stereocenters. The Balaban J connectivity index is 1.71. The van der Waals surface area contributed by atoms with Gasteiger partial charge in [-0.1, -0.05) is 17.7 Å². The van der Waals surface area contributed by atoms with E-state index in [0.29, 0.717) is 52.3 Å². The molecule has 0 aliphatic carbocycles. The van der Waals surface area contributed by atoms with Gasteiger partial charge >= 0.3 is 12.0 Å². The predicted octanol–water partition coefficient (Wildman–Crippen LogP) is 3.26. The van der Waals surface area contributed by atoms with Crippen LogP contribution < -0.4 is 30.3 Å². The molecule has 2 aromatic rings. The highest BCUT2D eigenvalue weighted by atomic mass is 35.5. The van der Waals surface area contributed by atoms with E-state index in [0.717, 1.165) is 0 Å². The maximum absolute atomic E-state index is 12.4. The van der Waals surface area contributed by atoms with Crippen molar-refractivity contribution < 1.29 is 33.6 Å². The zero-order valence-electron chi connectivity index (χ0n) is 21.5. The van der Waals surface area contributed by atoms with E-state index in [1.807, 2.05) is 13.8 Å². The summed E-state index contributed by atoms with van der Waals surface area (Å²) in [6.45, 7) is 5.97. The number of amides is 2. The molecule has 2 amide bonds. The van der Waals surface area contributed by atoms with E-state index in [9.17, 15) is 14.7 Å². The third kappa shape index (κ3) is 7.30. The van der Waals surface area contributed by atoms with Gasteiger partial charge in [0.1, 0.15) is 12.4 Å². The van der Waals surface area contributed by atoms with Crippen LogP contribution in [0, 0.1) is 0 Å². The van der Waals surface area contributed by atoms with Crippen LogP contribution >= 0.6 is 11.6 Å².